The maximum absolute atomic E-state index is 13.0. The Kier molecular flexibility index (Phi) is 7.35. The number of fused-ring (bicyclic) bond motifs is 1. The van der Waals surface area contributed by atoms with Crippen LogP contribution in [0.4, 0.5) is 0 Å². The van der Waals surface area contributed by atoms with E-state index in [2.05, 4.69) is 47.1 Å². The maximum atomic E-state index is 13.0. The lowest BCUT2D eigenvalue weighted by Gasteiger charge is -2.20. The number of hydrogen-bond acceptors (Lipinski definition) is 8. The minimum Gasteiger partial charge on any atom is -0.481 e. The van der Waals surface area contributed by atoms with Gasteiger partial charge in [0.15, 0.2) is 16.7 Å². The number of nitrogens with zero attached hydrogens (tertiary/aromatic N) is 2. The summed E-state index contributed by atoms with van der Waals surface area (Å²) in [5, 5.41) is 42.6. The zero-order chi connectivity index (χ0) is 32.9. The average Bonchev–Trinajstić information content (AvgIpc) is 3.91. The van der Waals surface area contributed by atoms with Gasteiger partial charge < -0.3 is 30.9 Å². The van der Waals surface area contributed by atoms with Crippen LogP contribution in [0.25, 0.3) is 18.2 Å². The minimum atomic E-state index is -1.06. The van der Waals surface area contributed by atoms with E-state index in [1.54, 1.807) is 11.5 Å². The van der Waals surface area contributed by atoms with Crippen molar-refractivity contribution in [3.8, 4) is 0 Å². The molecule has 11 nitrogen and oxygen atoms in total. The number of hydrogen-bond donors (Lipinski definition) is 7. The summed E-state index contributed by atoms with van der Waals surface area (Å²) >= 11 is 5.59. The Morgan fingerprint density at radius 2 is 1.91 bits per heavy atom. The molecule has 6 saturated heterocycles. The zero-order valence-electron chi connectivity index (χ0n) is 26.1. The Morgan fingerprint density at radius 3 is 2.54 bits per heavy atom. The number of aromatic nitrogens is 1. The van der Waals surface area contributed by atoms with Crippen molar-refractivity contribution in [2.24, 2.45) is 17.8 Å². The first-order valence-electron chi connectivity index (χ1n) is 15.7. The SMILES string of the molecule is CC1=C(CCC(=O)O)/C(=C/c2[nH]c(/C=C3\NC(O)[C@H](C)[C@H]3[C@@H]3C[SH+]3)c(C)c2/C=C\C(=O)O)NC1C[C@@]12N3C(=O)C(/C=C\S)[C@]1(C)N32. The third kappa shape index (κ3) is 4.53. The molecule has 8 heterocycles. The van der Waals surface area contributed by atoms with E-state index in [9.17, 15) is 29.7 Å². The first kappa shape index (κ1) is 31.2. The highest BCUT2D eigenvalue weighted by Crippen LogP contribution is 2.80. The van der Waals surface area contributed by atoms with E-state index in [1.165, 1.54) is 11.8 Å². The number of carbonyl (C=O) groups is 3. The van der Waals surface area contributed by atoms with Gasteiger partial charge in [0.1, 0.15) is 6.23 Å². The Morgan fingerprint density at radius 1 is 1.17 bits per heavy atom. The van der Waals surface area contributed by atoms with Crippen molar-refractivity contribution in [3.63, 3.8) is 0 Å². The fraction of sp³-hybridized carbons (Fsp3) is 0.485. The van der Waals surface area contributed by atoms with E-state index in [0.717, 1.165) is 45.6 Å². The molecule has 1 aromatic heterocycles. The van der Waals surface area contributed by atoms with Crippen LogP contribution in [0, 0.1) is 24.7 Å². The first-order valence-corrected chi connectivity index (χ1v) is 17.3. The van der Waals surface area contributed by atoms with E-state index in [4.69, 9.17) is 0 Å². The first-order chi connectivity index (χ1) is 21.8. The second-order valence-electron chi connectivity index (χ2n) is 13.4. The van der Waals surface area contributed by atoms with E-state index in [-0.39, 0.29) is 47.3 Å². The quantitative estimate of drug-likeness (QED) is 0.0817. The van der Waals surface area contributed by atoms with E-state index >= 15 is 0 Å². The normalized spacial score (nSPS) is 38.8. The van der Waals surface area contributed by atoms with Gasteiger partial charge in [-0.1, -0.05) is 13.0 Å². The number of aliphatic carboxylic acids is 2. The van der Waals surface area contributed by atoms with Gasteiger partial charge >= 0.3 is 11.9 Å². The summed E-state index contributed by atoms with van der Waals surface area (Å²) in [5.41, 5.74) is 6.14. The lowest BCUT2D eigenvalue weighted by molar-refractivity contribution is -0.137. The summed E-state index contributed by atoms with van der Waals surface area (Å²) in [4.78, 5) is 39.7. The smallest absolute Gasteiger partial charge is 0.328 e. The molecule has 0 spiro atoms. The number of aliphatic hydroxyl groups is 1. The molecule has 6 N–H and O–H groups in total. The Balaban J connectivity index is 1.23. The van der Waals surface area contributed by atoms with Crippen molar-refractivity contribution in [2.45, 2.75) is 75.7 Å². The Hall–Kier alpha value is -3.39. The topological polar surface area (TPSA) is 158 Å². The molecule has 1 aromatic rings. The predicted molar refractivity (Wildman–Crippen MR) is 180 cm³/mol. The lowest BCUT2D eigenvalue weighted by atomic mass is 9.87. The van der Waals surface area contributed by atoms with Crippen molar-refractivity contribution in [1.29, 1.82) is 0 Å². The maximum Gasteiger partial charge on any atom is 0.328 e. The van der Waals surface area contributed by atoms with Crippen molar-refractivity contribution in [2.75, 3.05) is 5.75 Å². The van der Waals surface area contributed by atoms with E-state index in [1.807, 2.05) is 37.1 Å². The van der Waals surface area contributed by atoms with Crippen LogP contribution in [0.2, 0.25) is 0 Å². The predicted octanol–water partition coefficient (Wildman–Crippen LogP) is 2.62. The second kappa shape index (κ2) is 10.8. The van der Waals surface area contributed by atoms with Gasteiger partial charge in [0.25, 0.3) is 0 Å². The summed E-state index contributed by atoms with van der Waals surface area (Å²) in [6.07, 6.45) is 8.85. The summed E-state index contributed by atoms with van der Waals surface area (Å²) in [6, 6.07) is -0.115. The van der Waals surface area contributed by atoms with Gasteiger partial charge in [0.2, 0.25) is 5.91 Å². The van der Waals surface area contributed by atoms with Crippen LogP contribution in [0.15, 0.2) is 40.1 Å². The molecule has 6 fully saturated rings. The second-order valence-corrected chi connectivity index (χ2v) is 15.1. The van der Waals surface area contributed by atoms with E-state index < -0.39 is 18.2 Å². The molecule has 0 aliphatic carbocycles. The molecule has 0 aromatic carbocycles. The van der Waals surface area contributed by atoms with Crippen LogP contribution >= 0.6 is 12.6 Å². The monoisotopic (exact) mass is 666 g/mol. The molecule has 13 heteroatoms. The molecular formula is C33H40N5O6S2+. The molecule has 7 aliphatic heterocycles. The fourth-order valence-corrected chi connectivity index (χ4v) is 9.52. The molecular weight excluding hydrogens is 627 g/mol. The molecule has 8 rings (SSSR count). The number of allylic oxidation sites excluding steroid dienone is 2. The highest BCUT2D eigenvalue weighted by atomic mass is 32.2. The van der Waals surface area contributed by atoms with Gasteiger partial charge in [-0.05, 0) is 79.3 Å². The molecule has 0 radical (unpaired) electrons. The number of carboxylic acid groups (broad SMARTS) is 2. The molecule has 46 heavy (non-hydrogen) atoms. The number of thiol groups is 2. The van der Waals surface area contributed by atoms with Gasteiger partial charge in [-0.3, -0.25) is 9.59 Å². The van der Waals surface area contributed by atoms with Gasteiger partial charge in [-0.25, -0.2) is 9.80 Å². The zero-order valence-corrected chi connectivity index (χ0v) is 27.9. The third-order valence-electron chi connectivity index (χ3n) is 11.0. The number of hydrazine groups is 1. The van der Waals surface area contributed by atoms with E-state index in [0.29, 0.717) is 29.3 Å². The van der Waals surface area contributed by atoms with Crippen molar-refractivity contribution >= 4 is 60.5 Å². The third-order valence-corrected chi connectivity index (χ3v) is 12.3. The number of aromatic amines is 1. The Bertz CT molecular complexity index is 1710. The fourth-order valence-electron chi connectivity index (χ4n) is 8.34. The van der Waals surface area contributed by atoms with Gasteiger partial charge in [0.05, 0.1) is 23.4 Å². The number of carboxylic acids is 2. The number of rotatable bonds is 11. The molecule has 0 saturated carbocycles. The van der Waals surface area contributed by atoms with Crippen LogP contribution < -0.4 is 10.6 Å². The standard InChI is InChI=1S/C33H39N5O6S2/c1-15-18(5-7-27(39)40)22(34-21(15)11-24-29(26-14-46-26)17(3)30(43)36-24)12-23-19(6-8-28(41)42)16(2)25(35-23)13-33-32(4)20(9-10-45)31(44)37(33)38(32)33/h5,7,9-12,17,20,25-26,29-30,34-36,43,45H,6,8,13-14H2,1-4H3,(H,39,40)(H,41,42)/p+1/b7-5-,10-9-,23-12-,24-11-/t17-,20?,25?,26+,29-,30?,32+,33+,37?,38?/m1/s1. The molecule has 9 atom stereocenters. The van der Waals surface area contributed by atoms with Crippen molar-refractivity contribution < 1.29 is 29.7 Å². The summed E-state index contributed by atoms with van der Waals surface area (Å²) in [7, 11) is 0. The van der Waals surface area contributed by atoms with Crippen LogP contribution in [-0.2, 0) is 26.1 Å². The highest BCUT2D eigenvalue weighted by molar-refractivity contribution is 7.86. The highest BCUT2D eigenvalue weighted by Gasteiger charge is 3.01. The summed E-state index contributed by atoms with van der Waals surface area (Å²) < 4.78 is 0. The number of nitrogens with one attached hydrogen (secondary N) is 3. The van der Waals surface area contributed by atoms with Gasteiger partial charge in [-0.2, -0.15) is 17.6 Å². The minimum absolute atomic E-state index is 0.0340. The largest absolute Gasteiger partial charge is 0.481 e. The van der Waals surface area contributed by atoms with Crippen molar-refractivity contribution in [1.82, 2.24) is 25.6 Å². The van der Waals surface area contributed by atoms with Crippen LogP contribution in [0.3, 0.4) is 0 Å². The summed E-state index contributed by atoms with van der Waals surface area (Å²) in [6.45, 7) is 8.12. The molecule has 2 bridgehead atoms. The molecule has 1 amide bonds. The summed E-state index contributed by atoms with van der Waals surface area (Å²) in [5.74, 6) is -0.697. The van der Waals surface area contributed by atoms with Crippen LogP contribution in [0.5, 0.6) is 0 Å². The molecule has 4 unspecified atom stereocenters. The van der Waals surface area contributed by atoms with Gasteiger partial charge in [0, 0.05) is 53.2 Å². The number of carbonyl (C=O) groups excluding carboxylic acids is 1. The van der Waals surface area contributed by atoms with Crippen molar-refractivity contribution in [3.05, 3.63) is 62.6 Å². The van der Waals surface area contributed by atoms with Gasteiger partial charge in [-0.15, -0.1) is 0 Å². The number of amides is 1. The van der Waals surface area contributed by atoms with Crippen LogP contribution in [0.1, 0.15) is 62.5 Å². The average molecular weight is 667 g/mol. The molecule has 244 valence electrons. The number of aliphatic hydroxyl groups excluding tert-OH is 1. The molecule has 7 aliphatic rings. The Labute approximate surface area is 276 Å². The lowest BCUT2D eigenvalue weighted by Crippen LogP contribution is -2.36. The number of H-pyrrole nitrogens is 1. The van der Waals surface area contributed by atoms with Crippen LogP contribution in [-0.4, -0.2) is 82.6 Å².